The maximum Gasteiger partial charge on any atom is 0.142 e. The highest BCUT2D eigenvalue weighted by Gasteiger charge is 2.05. The highest BCUT2D eigenvalue weighted by molar-refractivity contribution is 7.98. The molecule has 0 aromatic heterocycles. The Bertz CT molecular complexity index is 116. The summed E-state index contributed by atoms with van der Waals surface area (Å²) in [6, 6.07) is 0. The first-order valence-corrected chi connectivity index (χ1v) is 4.47. The molecule has 0 bridgehead atoms. The zero-order chi connectivity index (χ0) is 7.98. The lowest BCUT2D eigenvalue weighted by molar-refractivity contribution is 0.211. The topological polar surface area (TPSA) is 47.6 Å². The van der Waals surface area contributed by atoms with Gasteiger partial charge < -0.3 is 10.6 Å². The summed E-state index contributed by atoms with van der Waals surface area (Å²) in [5.41, 5.74) is 5.53. The lowest BCUT2D eigenvalue weighted by atomic mass is 10.2. The number of nitrogens with zero attached hydrogens (tertiary/aromatic N) is 1. The van der Waals surface area contributed by atoms with Crippen molar-refractivity contribution >= 4 is 17.6 Å². The summed E-state index contributed by atoms with van der Waals surface area (Å²) < 4.78 is 0. The minimum absolute atomic E-state index is 0.301. The van der Waals surface area contributed by atoms with E-state index in [1.54, 1.807) is 11.8 Å². The number of hydrogen-bond acceptors (Lipinski definition) is 3. The largest absolute Gasteiger partial charge is 0.398 e. The molecule has 0 fully saturated rings. The highest BCUT2D eigenvalue weighted by atomic mass is 32.2. The van der Waals surface area contributed by atoms with Crippen LogP contribution in [-0.2, 0) is 4.84 Å². The number of hydrogen-bond donors (Lipinski definition) is 1. The SMILES string of the molecule is CON=C(N)C(C)CSC. The molecule has 1 atom stereocenters. The van der Waals surface area contributed by atoms with E-state index in [4.69, 9.17) is 5.73 Å². The van der Waals surface area contributed by atoms with Crippen LogP contribution in [0.25, 0.3) is 0 Å². The molecule has 0 aliphatic heterocycles. The van der Waals surface area contributed by atoms with Crippen LogP contribution in [0.4, 0.5) is 0 Å². The Hall–Kier alpha value is -0.380. The first kappa shape index (κ1) is 9.62. The Morgan fingerprint density at radius 3 is 2.80 bits per heavy atom. The quantitative estimate of drug-likeness (QED) is 0.379. The van der Waals surface area contributed by atoms with Crippen molar-refractivity contribution in [1.82, 2.24) is 0 Å². The lowest BCUT2D eigenvalue weighted by Gasteiger charge is -2.06. The van der Waals surface area contributed by atoms with E-state index in [-0.39, 0.29) is 0 Å². The molecular formula is C6H14N2OS. The Labute approximate surface area is 66.0 Å². The summed E-state index contributed by atoms with van der Waals surface area (Å²) in [6.07, 6.45) is 2.04. The van der Waals surface area contributed by atoms with Crippen molar-refractivity contribution in [2.45, 2.75) is 6.92 Å². The van der Waals surface area contributed by atoms with E-state index in [0.717, 1.165) is 5.75 Å². The van der Waals surface area contributed by atoms with Gasteiger partial charge in [0.1, 0.15) is 12.9 Å². The smallest absolute Gasteiger partial charge is 0.142 e. The molecule has 0 aliphatic carbocycles. The van der Waals surface area contributed by atoms with Gasteiger partial charge in [-0.25, -0.2) is 0 Å². The first-order valence-electron chi connectivity index (χ1n) is 3.07. The zero-order valence-corrected chi connectivity index (χ0v) is 7.44. The summed E-state index contributed by atoms with van der Waals surface area (Å²) in [5, 5.41) is 3.62. The average Bonchev–Trinajstić information content (AvgIpc) is 1.89. The van der Waals surface area contributed by atoms with Crippen LogP contribution in [0.2, 0.25) is 0 Å². The molecule has 0 amide bonds. The van der Waals surface area contributed by atoms with Crippen molar-refractivity contribution in [3.8, 4) is 0 Å². The lowest BCUT2D eigenvalue weighted by Crippen LogP contribution is -2.23. The Morgan fingerprint density at radius 2 is 2.40 bits per heavy atom. The van der Waals surface area contributed by atoms with E-state index in [1.165, 1.54) is 7.11 Å². The van der Waals surface area contributed by atoms with Crippen LogP contribution in [-0.4, -0.2) is 25.0 Å². The van der Waals surface area contributed by atoms with E-state index >= 15 is 0 Å². The van der Waals surface area contributed by atoms with Crippen molar-refractivity contribution in [3.05, 3.63) is 0 Å². The van der Waals surface area contributed by atoms with Crippen LogP contribution in [0, 0.1) is 5.92 Å². The summed E-state index contributed by atoms with van der Waals surface area (Å²) in [7, 11) is 1.50. The van der Waals surface area contributed by atoms with Gasteiger partial charge in [-0.3, -0.25) is 0 Å². The van der Waals surface area contributed by atoms with Crippen LogP contribution < -0.4 is 5.73 Å². The molecule has 0 heterocycles. The molecule has 4 heteroatoms. The van der Waals surface area contributed by atoms with E-state index in [2.05, 4.69) is 9.99 Å². The maximum absolute atomic E-state index is 5.53. The molecular weight excluding hydrogens is 148 g/mol. The van der Waals surface area contributed by atoms with Crippen LogP contribution >= 0.6 is 11.8 Å². The minimum atomic E-state index is 0.301. The van der Waals surface area contributed by atoms with Crippen molar-refractivity contribution in [3.63, 3.8) is 0 Å². The fourth-order valence-electron chi connectivity index (χ4n) is 0.531. The third kappa shape index (κ3) is 3.61. The van der Waals surface area contributed by atoms with E-state index in [1.807, 2.05) is 13.2 Å². The fraction of sp³-hybridized carbons (Fsp3) is 0.833. The van der Waals surface area contributed by atoms with Gasteiger partial charge in [-0.2, -0.15) is 11.8 Å². The molecule has 0 spiro atoms. The van der Waals surface area contributed by atoms with Crippen molar-refractivity contribution < 1.29 is 4.84 Å². The molecule has 0 aliphatic rings. The second-order valence-electron chi connectivity index (χ2n) is 2.06. The summed E-state index contributed by atoms with van der Waals surface area (Å²) >= 11 is 1.75. The maximum atomic E-state index is 5.53. The van der Waals surface area contributed by atoms with Crippen LogP contribution in [0.5, 0.6) is 0 Å². The first-order chi connectivity index (χ1) is 4.72. The highest BCUT2D eigenvalue weighted by Crippen LogP contribution is 2.03. The molecule has 1 unspecified atom stereocenters. The molecule has 0 saturated heterocycles. The monoisotopic (exact) mass is 162 g/mol. The van der Waals surface area contributed by atoms with Gasteiger partial charge in [0.2, 0.25) is 0 Å². The number of nitrogens with two attached hydrogens (primary N) is 1. The molecule has 0 saturated carbocycles. The van der Waals surface area contributed by atoms with Crippen LogP contribution in [0.1, 0.15) is 6.92 Å². The summed E-state index contributed by atoms with van der Waals surface area (Å²) in [5.74, 6) is 1.85. The van der Waals surface area contributed by atoms with E-state index in [0.29, 0.717) is 11.8 Å². The molecule has 2 N–H and O–H groups in total. The predicted octanol–water partition coefficient (Wildman–Crippen LogP) is 0.904. The summed E-state index contributed by atoms with van der Waals surface area (Å²) in [4.78, 5) is 4.52. The van der Waals surface area contributed by atoms with Gasteiger partial charge in [-0.05, 0) is 6.26 Å². The molecule has 0 aromatic rings. The normalized spacial score (nSPS) is 14.9. The summed E-state index contributed by atoms with van der Waals surface area (Å²) in [6.45, 7) is 2.02. The zero-order valence-electron chi connectivity index (χ0n) is 6.63. The van der Waals surface area contributed by atoms with Crippen LogP contribution in [0.3, 0.4) is 0 Å². The fourth-order valence-corrected chi connectivity index (χ4v) is 1.20. The number of amidine groups is 1. The molecule has 60 valence electrons. The Morgan fingerprint density at radius 1 is 1.80 bits per heavy atom. The third-order valence-electron chi connectivity index (χ3n) is 1.12. The van der Waals surface area contributed by atoms with Gasteiger partial charge >= 0.3 is 0 Å². The number of rotatable bonds is 4. The van der Waals surface area contributed by atoms with Gasteiger partial charge in [0, 0.05) is 11.7 Å². The Kier molecular flexibility index (Phi) is 5.20. The Balaban J connectivity index is 3.69. The third-order valence-corrected chi connectivity index (χ3v) is 1.95. The molecule has 0 radical (unpaired) electrons. The van der Waals surface area contributed by atoms with Gasteiger partial charge in [0.25, 0.3) is 0 Å². The predicted molar refractivity (Wildman–Crippen MR) is 46.2 cm³/mol. The molecule has 0 aromatic carbocycles. The minimum Gasteiger partial charge on any atom is -0.398 e. The van der Waals surface area contributed by atoms with Gasteiger partial charge in [0.15, 0.2) is 0 Å². The second kappa shape index (κ2) is 5.41. The van der Waals surface area contributed by atoms with Crippen molar-refractivity contribution in [1.29, 1.82) is 0 Å². The number of thioether (sulfide) groups is 1. The average molecular weight is 162 g/mol. The van der Waals surface area contributed by atoms with Crippen molar-refractivity contribution in [2.24, 2.45) is 16.8 Å². The number of oxime groups is 1. The van der Waals surface area contributed by atoms with E-state index in [9.17, 15) is 0 Å². The van der Waals surface area contributed by atoms with Gasteiger partial charge in [-0.1, -0.05) is 12.1 Å². The van der Waals surface area contributed by atoms with Gasteiger partial charge in [0.05, 0.1) is 0 Å². The standard InChI is InChI=1S/C6H14N2OS/c1-5(4-10-3)6(7)8-9-2/h5H,4H2,1-3H3,(H2,7,8). The van der Waals surface area contributed by atoms with Crippen LogP contribution in [0.15, 0.2) is 5.16 Å². The molecule has 3 nitrogen and oxygen atoms in total. The second-order valence-corrected chi connectivity index (χ2v) is 2.97. The molecule has 10 heavy (non-hydrogen) atoms. The molecule has 0 rings (SSSR count). The van der Waals surface area contributed by atoms with Gasteiger partial charge in [-0.15, -0.1) is 0 Å². The van der Waals surface area contributed by atoms with E-state index < -0.39 is 0 Å². The van der Waals surface area contributed by atoms with Crippen molar-refractivity contribution in [2.75, 3.05) is 19.1 Å².